The van der Waals surface area contributed by atoms with Crippen LogP contribution in [0.15, 0.2) is 42.5 Å². The number of hydrogen-bond acceptors (Lipinski definition) is 3. The fourth-order valence-electron chi connectivity index (χ4n) is 3.01. The molecule has 0 radical (unpaired) electrons. The predicted octanol–water partition coefficient (Wildman–Crippen LogP) is 1.30. The van der Waals surface area contributed by atoms with Gasteiger partial charge in [-0.2, -0.15) is 0 Å². The zero-order valence-electron chi connectivity index (χ0n) is 12.3. The van der Waals surface area contributed by atoms with E-state index < -0.39 is 12.1 Å². The lowest BCUT2D eigenvalue weighted by atomic mass is 9.97. The summed E-state index contributed by atoms with van der Waals surface area (Å²) in [6, 6.07) is 12.9. The first kappa shape index (κ1) is 14.5. The third-order valence-corrected chi connectivity index (χ3v) is 4.14. The van der Waals surface area contributed by atoms with Crippen LogP contribution in [0, 0.1) is 0 Å². The molecule has 0 aliphatic carbocycles. The van der Waals surface area contributed by atoms with Crippen LogP contribution in [-0.2, 0) is 11.2 Å². The molecule has 2 aromatic carbocycles. The molecule has 1 unspecified atom stereocenters. The number of Topliss-reactive ketones (excluding diaryl/α,β-unsaturated/α-hetero) is 1. The van der Waals surface area contributed by atoms with Crippen LogP contribution in [0.4, 0.5) is 4.79 Å². The van der Waals surface area contributed by atoms with Gasteiger partial charge in [-0.15, -0.1) is 0 Å². The summed E-state index contributed by atoms with van der Waals surface area (Å²) in [6.07, 6.45) is 0.303. The number of fused-ring (bicyclic) bond motifs is 1. The largest absolute Gasteiger partial charge is 0.351 e. The second-order valence-corrected chi connectivity index (χ2v) is 5.53. The van der Waals surface area contributed by atoms with Gasteiger partial charge in [0.2, 0.25) is 0 Å². The summed E-state index contributed by atoms with van der Waals surface area (Å²) < 4.78 is 0. The highest BCUT2D eigenvalue weighted by molar-refractivity contribution is 5.94. The van der Waals surface area contributed by atoms with Crippen LogP contribution < -0.4 is 11.1 Å². The van der Waals surface area contributed by atoms with Gasteiger partial charge in [0.1, 0.15) is 6.04 Å². The number of benzene rings is 2. The van der Waals surface area contributed by atoms with Gasteiger partial charge in [-0.3, -0.25) is 4.79 Å². The zero-order chi connectivity index (χ0) is 15.5. The van der Waals surface area contributed by atoms with Crippen molar-refractivity contribution < 1.29 is 9.59 Å². The molecule has 1 heterocycles. The smallest absolute Gasteiger partial charge is 0.315 e. The summed E-state index contributed by atoms with van der Waals surface area (Å²) in [7, 11) is 0. The molecule has 0 saturated carbocycles. The standard InChI is InChI=1S/C17H19N3O2/c18-17(22)20-9-8-19-11-15(20)16(21)10-13-6-3-5-12-4-1-2-7-14(12)13/h1-7,15,19H,8-11H2,(H2,18,22). The molecule has 1 aliphatic rings. The van der Waals surface area contributed by atoms with E-state index in [1.165, 1.54) is 4.90 Å². The summed E-state index contributed by atoms with van der Waals surface area (Å²) in [5, 5.41) is 5.34. The van der Waals surface area contributed by atoms with E-state index in [2.05, 4.69) is 5.32 Å². The Morgan fingerprint density at radius 2 is 1.95 bits per heavy atom. The molecule has 3 rings (SSSR count). The Bertz CT molecular complexity index is 709. The number of hydrogen-bond donors (Lipinski definition) is 2. The number of carbonyl (C=O) groups excluding carboxylic acids is 2. The third kappa shape index (κ3) is 2.80. The van der Waals surface area contributed by atoms with Crippen molar-refractivity contribution in [1.82, 2.24) is 10.2 Å². The van der Waals surface area contributed by atoms with Gasteiger partial charge in [0.25, 0.3) is 0 Å². The fourth-order valence-corrected chi connectivity index (χ4v) is 3.01. The molecule has 0 bridgehead atoms. The molecule has 3 N–H and O–H groups in total. The number of primary amides is 1. The maximum atomic E-state index is 12.6. The minimum absolute atomic E-state index is 0.0161. The van der Waals surface area contributed by atoms with Crippen LogP contribution in [0.3, 0.4) is 0 Å². The fraction of sp³-hybridized carbons (Fsp3) is 0.294. The number of nitrogens with zero attached hydrogens (tertiary/aromatic N) is 1. The van der Waals surface area contributed by atoms with E-state index in [0.717, 1.165) is 16.3 Å². The number of nitrogens with two attached hydrogens (primary N) is 1. The van der Waals surface area contributed by atoms with Gasteiger partial charge in [-0.1, -0.05) is 42.5 Å². The average molecular weight is 297 g/mol. The van der Waals surface area contributed by atoms with Gasteiger partial charge in [0.15, 0.2) is 5.78 Å². The molecule has 1 atom stereocenters. The second-order valence-electron chi connectivity index (χ2n) is 5.53. The van der Waals surface area contributed by atoms with Crippen LogP contribution in [0.25, 0.3) is 10.8 Å². The van der Waals surface area contributed by atoms with Crippen molar-refractivity contribution in [3.05, 3.63) is 48.0 Å². The van der Waals surface area contributed by atoms with Crippen LogP contribution in [-0.4, -0.2) is 42.4 Å². The van der Waals surface area contributed by atoms with E-state index >= 15 is 0 Å². The van der Waals surface area contributed by atoms with E-state index in [-0.39, 0.29) is 5.78 Å². The molecule has 0 aromatic heterocycles. The Kier molecular flexibility index (Phi) is 4.06. The van der Waals surface area contributed by atoms with E-state index in [9.17, 15) is 9.59 Å². The third-order valence-electron chi connectivity index (χ3n) is 4.14. The lowest BCUT2D eigenvalue weighted by molar-refractivity contribution is -0.123. The maximum absolute atomic E-state index is 12.6. The van der Waals surface area contributed by atoms with Gasteiger partial charge in [0.05, 0.1) is 0 Å². The molecular formula is C17H19N3O2. The Morgan fingerprint density at radius 1 is 1.18 bits per heavy atom. The van der Waals surface area contributed by atoms with Gasteiger partial charge in [0, 0.05) is 26.1 Å². The molecular weight excluding hydrogens is 278 g/mol. The van der Waals surface area contributed by atoms with Crippen molar-refractivity contribution in [2.24, 2.45) is 5.73 Å². The minimum atomic E-state index is -0.530. The molecule has 1 fully saturated rings. The summed E-state index contributed by atoms with van der Waals surface area (Å²) in [4.78, 5) is 25.6. The monoisotopic (exact) mass is 297 g/mol. The minimum Gasteiger partial charge on any atom is -0.351 e. The summed E-state index contributed by atoms with van der Waals surface area (Å²) in [5.74, 6) is 0.0161. The number of carbonyl (C=O) groups is 2. The first-order valence-corrected chi connectivity index (χ1v) is 7.43. The number of amides is 2. The summed E-state index contributed by atoms with van der Waals surface area (Å²) >= 11 is 0. The molecule has 2 aromatic rings. The van der Waals surface area contributed by atoms with Crippen molar-refractivity contribution in [3.8, 4) is 0 Å². The normalized spacial score (nSPS) is 18.4. The second kappa shape index (κ2) is 6.15. The van der Waals surface area contributed by atoms with Crippen molar-refractivity contribution in [2.45, 2.75) is 12.5 Å². The topological polar surface area (TPSA) is 75.4 Å². The van der Waals surface area contributed by atoms with Crippen LogP contribution >= 0.6 is 0 Å². The van der Waals surface area contributed by atoms with E-state index in [1.807, 2.05) is 42.5 Å². The number of urea groups is 1. The van der Waals surface area contributed by atoms with Crippen molar-refractivity contribution >= 4 is 22.6 Å². The van der Waals surface area contributed by atoms with Gasteiger partial charge < -0.3 is 16.0 Å². The predicted molar refractivity (Wildman–Crippen MR) is 85.6 cm³/mol. The Labute approximate surface area is 129 Å². The molecule has 1 saturated heterocycles. The highest BCUT2D eigenvalue weighted by Gasteiger charge is 2.30. The van der Waals surface area contributed by atoms with Crippen molar-refractivity contribution in [1.29, 1.82) is 0 Å². The maximum Gasteiger partial charge on any atom is 0.315 e. The molecule has 5 nitrogen and oxygen atoms in total. The Morgan fingerprint density at radius 3 is 2.77 bits per heavy atom. The highest BCUT2D eigenvalue weighted by atomic mass is 16.2. The molecule has 0 spiro atoms. The average Bonchev–Trinajstić information content (AvgIpc) is 2.55. The molecule has 5 heteroatoms. The number of piperazine rings is 1. The van der Waals surface area contributed by atoms with Crippen LogP contribution in [0.1, 0.15) is 5.56 Å². The van der Waals surface area contributed by atoms with E-state index in [1.54, 1.807) is 0 Å². The molecule has 2 amide bonds. The Balaban J connectivity index is 1.85. The summed E-state index contributed by atoms with van der Waals surface area (Å²) in [6.45, 7) is 1.61. The van der Waals surface area contributed by atoms with Crippen LogP contribution in [0.2, 0.25) is 0 Å². The van der Waals surface area contributed by atoms with Gasteiger partial charge >= 0.3 is 6.03 Å². The van der Waals surface area contributed by atoms with Crippen molar-refractivity contribution in [2.75, 3.05) is 19.6 Å². The number of rotatable bonds is 3. The number of nitrogens with one attached hydrogen (secondary N) is 1. The first-order chi connectivity index (χ1) is 10.7. The Hall–Kier alpha value is -2.40. The first-order valence-electron chi connectivity index (χ1n) is 7.43. The highest BCUT2D eigenvalue weighted by Crippen LogP contribution is 2.20. The van der Waals surface area contributed by atoms with Crippen molar-refractivity contribution in [3.63, 3.8) is 0 Å². The lowest BCUT2D eigenvalue weighted by Crippen LogP contribution is -2.58. The van der Waals surface area contributed by atoms with E-state index in [0.29, 0.717) is 26.1 Å². The quantitative estimate of drug-likeness (QED) is 0.896. The molecule has 1 aliphatic heterocycles. The number of ketones is 1. The molecule has 22 heavy (non-hydrogen) atoms. The van der Waals surface area contributed by atoms with Gasteiger partial charge in [-0.25, -0.2) is 4.79 Å². The summed E-state index contributed by atoms with van der Waals surface area (Å²) in [5.41, 5.74) is 6.37. The SMILES string of the molecule is NC(=O)N1CCNCC1C(=O)Cc1cccc2ccccc12. The van der Waals surface area contributed by atoms with E-state index in [4.69, 9.17) is 5.73 Å². The molecule has 114 valence electrons. The lowest BCUT2D eigenvalue weighted by Gasteiger charge is -2.34. The van der Waals surface area contributed by atoms with Crippen LogP contribution in [0.5, 0.6) is 0 Å². The zero-order valence-corrected chi connectivity index (χ0v) is 12.3. The van der Waals surface area contributed by atoms with Gasteiger partial charge in [-0.05, 0) is 16.3 Å².